The van der Waals surface area contributed by atoms with Crippen LogP contribution < -0.4 is 0 Å². The Morgan fingerprint density at radius 1 is 1.06 bits per heavy atom. The van der Waals surface area contributed by atoms with Crippen molar-refractivity contribution >= 4 is 5.97 Å². The number of rotatable bonds is 3. The summed E-state index contributed by atoms with van der Waals surface area (Å²) in [6.45, 7) is 3.58. The van der Waals surface area contributed by atoms with E-state index < -0.39 is 17.5 Å². The van der Waals surface area contributed by atoms with Crippen molar-refractivity contribution in [1.29, 1.82) is 0 Å². The Morgan fingerprint density at radius 2 is 1.50 bits per heavy atom. The van der Waals surface area contributed by atoms with Crippen molar-refractivity contribution in [3.8, 4) is 0 Å². The number of aliphatic hydroxyl groups excluding tert-OH is 1. The van der Waals surface area contributed by atoms with E-state index in [2.05, 4.69) is 0 Å². The minimum atomic E-state index is -0.720. The fraction of sp³-hybridized carbons (Fsp3) is 0.923. The van der Waals surface area contributed by atoms with Crippen LogP contribution in [0.1, 0.15) is 58.8 Å². The molecule has 1 fully saturated rings. The van der Waals surface area contributed by atoms with Gasteiger partial charge < -0.3 is 10.2 Å². The van der Waals surface area contributed by atoms with Gasteiger partial charge in [0, 0.05) is 0 Å². The van der Waals surface area contributed by atoms with Gasteiger partial charge in [-0.2, -0.15) is 0 Å². The molecule has 94 valence electrons. The highest BCUT2D eigenvalue weighted by atomic mass is 16.4. The van der Waals surface area contributed by atoms with Crippen LogP contribution in [0.5, 0.6) is 0 Å². The summed E-state index contributed by atoms with van der Waals surface area (Å²) in [5, 5.41) is 19.2. The molecule has 0 radical (unpaired) electrons. The first-order valence-corrected chi connectivity index (χ1v) is 6.42. The molecular weight excluding hydrogens is 204 g/mol. The monoisotopic (exact) mass is 228 g/mol. The summed E-state index contributed by atoms with van der Waals surface area (Å²) < 4.78 is 0. The van der Waals surface area contributed by atoms with Crippen molar-refractivity contribution in [3.63, 3.8) is 0 Å². The highest BCUT2D eigenvalue weighted by Gasteiger charge is 2.44. The maximum Gasteiger partial charge on any atom is 0.310 e. The van der Waals surface area contributed by atoms with E-state index in [4.69, 9.17) is 0 Å². The predicted molar refractivity (Wildman–Crippen MR) is 63.2 cm³/mol. The molecule has 1 rings (SSSR count). The highest BCUT2D eigenvalue weighted by Crippen LogP contribution is 2.42. The minimum absolute atomic E-state index is 0.164. The fourth-order valence-corrected chi connectivity index (χ4v) is 2.86. The standard InChI is InChI=1S/C13H24O3/c1-10(11(2)14)13(12(15)16)8-6-4-3-5-7-9-13/h10-11,14H,3-9H2,1-2H3,(H,15,16). The second-order valence-corrected chi connectivity index (χ2v) is 5.26. The zero-order valence-corrected chi connectivity index (χ0v) is 10.4. The number of aliphatic carboxylic acids is 1. The molecule has 3 heteroatoms. The van der Waals surface area contributed by atoms with E-state index in [9.17, 15) is 15.0 Å². The fourth-order valence-electron chi connectivity index (χ4n) is 2.86. The molecule has 1 saturated carbocycles. The molecule has 0 heterocycles. The Balaban J connectivity index is 2.87. The normalized spacial score (nSPS) is 25.2. The lowest BCUT2D eigenvalue weighted by Crippen LogP contribution is -2.42. The second-order valence-electron chi connectivity index (χ2n) is 5.26. The first kappa shape index (κ1) is 13.5. The number of hydrogen-bond donors (Lipinski definition) is 2. The topological polar surface area (TPSA) is 57.5 Å². The van der Waals surface area contributed by atoms with Crippen LogP contribution in [-0.4, -0.2) is 22.3 Å². The van der Waals surface area contributed by atoms with Crippen LogP contribution in [0, 0.1) is 11.3 Å². The maximum absolute atomic E-state index is 11.6. The molecule has 0 amide bonds. The van der Waals surface area contributed by atoms with Gasteiger partial charge in [-0.3, -0.25) is 4.79 Å². The predicted octanol–water partition coefficient (Wildman–Crippen LogP) is 2.82. The Morgan fingerprint density at radius 3 is 1.88 bits per heavy atom. The quantitative estimate of drug-likeness (QED) is 0.781. The number of carbonyl (C=O) groups is 1. The van der Waals surface area contributed by atoms with Gasteiger partial charge in [0.1, 0.15) is 0 Å². The average molecular weight is 228 g/mol. The summed E-state index contributed by atoms with van der Waals surface area (Å²) in [6.07, 6.45) is 6.31. The van der Waals surface area contributed by atoms with Crippen molar-refractivity contribution in [3.05, 3.63) is 0 Å². The number of carboxylic acid groups (broad SMARTS) is 1. The van der Waals surface area contributed by atoms with E-state index in [0.717, 1.165) is 25.7 Å². The van der Waals surface area contributed by atoms with E-state index in [1.54, 1.807) is 6.92 Å². The lowest BCUT2D eigenvalue weighted by molar-refractivity contribution is -0.157. The SMILES string of the molecule is CC(O)C(C)C1(C(=O)O)CCCCCCC1. The van der Waals surface area contributed by atoms with Crippen molar-refractivity contribution in [2.45, 2.75) is 64.9 Å². The first-order valence-electron chi connectivity index (χ1n) is 6.42. The van der Waals surface area contributed by atoms with Gasteiger partial charge >= 0.3 is 5.97 Å². The Hall–Kier alpha value is -0.570. The highest BCUT2D eigenvalue weighted by molar-refractivity contribution is 5.75. The molecule has 0 saturated heterocycles. The van der Waals surface area contributed by atoms with Gasteiger partial charge in [-0.05, 0) is 25.7 Å². The van der Waals surface area contributed by atoms with Crippen molar-refractivity contribution in [2.75, 3.05) is 0 Å². The van der Waals surface area contributed by atoms with Gasteiger partial charge in [-0.25, -0.2) is 0 Å². The Labute approximate surface area is 97.9 Å². The van der Waals surface area contributed by atoms with Crippen LogP contribution in [0.25, 0.3) is 0 Å². The summed E-state index contributed by atoms with van der Waals surface area (Å²) in [4.78, 5) is 11.6. The molecule has 1 aliphatic carbocycles. The minimum Gasteiger partial charge on any atom is -0.481 e. The van der Waals surface area contributed by atoms with Crippen LogP contribution in [0.3, 0.4) is 0 Å². The lowest BCUT2D eigenvalue weighted by atomic mass is 9.66. The van der Waals surface area contributed by atoms with Crippen molar-refractivity contribution in [1.82, 2.24) is 0 Å². The molecule has 1 aliphatic rings. The van der Waals surface area contributed by atoms with Crippen LogP contribution in [0.2, 0.25) is 0 Å². The van der Waals surface area contributed by atoms with Gasteiger partial charge in [0.15, 0.2) is 0 Å². The smallest absolute Gasteiger partial charge is 0.310 e. The molecule has 0 bridgehead atoms. The lowest BCUT2D eigenvalue weighted by Gasteiger charge is -2.38. The summed E-state index contributed by atoms with van der Waals surface area (Å²) in [6, 6.07) is 0. The Bertz CT molecular complexity index is 227. The van der Waals surface area contributed by atoms with Crippen LogP contribution in [0.15, 0.2) is 0 Å². The largest absolute Gasteiger partial charge is 0.481 e. The maximum atomic E-state index is 11.6. The first-order chi connectivity index (χ1) is 7.50. The molecule has 2 unspecified atom stereocenters. The molecule has 0 aliphatic heterocycles. The van der Waals surface area contributed by atoms with E-state index >= 15 is 0 Å². The zero-order chi connectivity index (χ0) is 12.2. The van der Waals surface area contributed by atoms with E-state index in [0.29, 0.717) is 12.8 Å². The van der Waals surface area contributed by atoms with Crippen molar-refractivity contribution in [2.24, 2.45) is 11.3 Å². The second kappa shape index (κ2) is 5.67. The zero-order valence-electron chi connectivity index (χ0n) is 10.4. The molecule has 0 aromatic heterocycles. The number of carboxylic acids is 1. The molecule has 0 aromatic carbocycles. The van der Waals surface area contributed by atoms with Crippen LogP contribution in [0.4, 0.5) is 0 Å². The van der Waals surface area contributed by atoms with Crippen LogP contribution >= 0.6 is 0 Å². The van der Waals surface area contributed by atoms with Crippen LogP contribution in [-0.2, 0) is 4.79 Å². The summed E-state index contributed by atoms with van der Waals surface area (Å²) in [7, 11) is 0. The van der Waals surface area contributed by atoms with E-state index in [1.807, 2.05) is 6.92 Å². The van der Waals surface area contributed by atoms with Gasteiger partial charge in [0.2, 0.25) is 0 Å². The molecule has 2 atom stereocenters. The molecule has 0 spiro atoms. The number of aliphatic hydroxyl groups is 1. The van der Waals surface area contributed by atoms with Gasteiger partial charge in [0.05, 0.1) is 11.5 Å². The molecule has 3 nitrogen and oxygen atoms in total. The molecule has 0 aromatic rings. The molecule has 2 N–H and O–H groups in total. The third kappa shape index (κ3) is 2.76. The number of hydrogen-bond acceptors (Lipinski definition) is 2. The average Bonchev–Trinajstić information content (AvgIpc) is 2.16. The van der Waals surface area contributed by atoms with E-state index in [1.165, 1.54) is 6.42 Å². The summed E-state index contributed by atoms with van der Waals surface area (Å²) in [5.41, 5.74) is -0.700. The van der Waals surface area contributed by atoms with E-state index in [-0.39, 0.29) is 5.92 Å². The molecule has 16 heavy (non-hydrogen) atoms. The van der Waals surface area contributed by atoms with Gasteiger partial charge in [-0.15, -0.1) is 0 Å². The third-order valence-corrected chi connectivity index (χ3v) is 4.27. The third-order valence-electron chi connectivity index (χ3n) is 4.27. The summed E-state index contributed by atoms with van der Waals surface area (Å²) >= 11 is 0. The summed E-state index contributed by atoms with van der Waals surface area (Å²) in [5.74, 6) is -0.883. The van der Waals surface area contributed by atoms with Gasteiger partial charge in [-0.1, -0.05) is 39.0 Å². The van der Waals surface area contributed by atoms with Crippen molar-refractivity contribution < 1.29 is 15.0 Å². The molecular formula is C13H24O3. The Kier molecular flexibility index (Phi) is 4.78. The van der Waals surface area contributed by atoms with Gasteiger partial charge in [0.25, 0.3) is 0 Å².